The Kier molecular flexibility index (Phi) is 2.21. The summed E-state index contributed by atoms with van der Waals surface area (Å²) in [6, 6.07) is 5.25. The molecular weight excluding hydrogens is 222 g/mol. The minimum absolute atomic E-state index is 0.520. The molecule has 0 fully saturated rings. The van der Waals surface area contributed by atoms with Crippen molar-refractivity contribution in [2.75, 3.05) is 0 Å². The molecule has 2 heterocycles. The lowest BCUT2D eigenvalue weighted by Gasteiger charge is -2.07. The Morgan fingerprint density at radius 3 is 2.59 bits per heavy atom. The van der Waals surface area contributed by atoms with Crippen LogP contribution in [0.5, 0.6) is 0 Å². The molecule has 3 rings (SSSR count). The summed E-state index contributed by atoms with van der Waals surface area (Å²) >= 11 is 0. The van der Waals surface area contributed by atoms with Crippen LogP contribution in [0.3, 0.4) is 0 Å². The normalized spacial score (nSPS) is 12.8. The van der Waals surface area contributed by atoms with Crippen LogP contribution in [0.15, 0.2) is 35.5 Å². The van der Waals surface area contributed by atoms with E-state index < -0.39 is 11.6 Å². The fourth-order valence-corrected chi connectivity index (χ4v) is 2.00. The number of hydrogen-bond donors (Lipinski definition) is 0. The van der Waals surface area contributed by atoms with E-state index in [0.717, 1.165) is 17.2 Å². The number of aliphatic imine (C=N–C) groups is 1. The number of aromatic nitrogens is 1. The van der Waals surface area contributed by atoms with Gasteiger partial charge in [-0.05, 0) is 29.3 Å². The van der Waals surface area contributed by atoms with Crippen molar-refractivity contribution >= 4 is 12.0 Å². The van der Waals surface area contributed by atoms with Crippen LogP contribution >= 0.6 is 0 Å². The van der Waals surface area contributed by atoms with E-state index in [4.69, 9.17) is 0 Å². The van der Waals surface area contributed by atoms with Crippen molar-refractivity contribution in [3.05, 3.63) is 47.7 Å². The smallest absolute Gasteiger partial charge is 0.155 e. The SMILES string of the molecule is Fc1cc(F)cc(-c2ccnc3c2CC=N3)c1. The van der Waals surface area contributed by atoms with Gasteiger partial charge in [0.05, 0.1) is 0 Å². The summed E-state index contributed by atoms with van der Waals surface area (Å²) in [5, 5.41) is 0. The molecule has 1 aromatic carbocycles. The summed E-state index contributed by atoms with van der Waals surface area (Å²) in [5.41, 5.74) is 2.22. The third kappa shape index (κ3) is 1.71. The van der Waals surface area contributed by atoms with Gasteiger partial charge in [-0.1, -0.05) is 0 Å². The second-order valence-corrected chi connectivity index (χ2v) is 3.83. The fraction of sp³-hybridized carbons (Fsp3) is 0.0769. The third-order valence-corrected chi connectivity index (χ3v) is 2.72. The molecule has 4 heteroatoms. The molecule has 1 aliphatic heterocycles. The molecule has 0 saturated heterocycles. The topological polar surface area (TPSA) is 25.2 Å². The van der Waals surface area contributed by atoms with Gasteiger partial charge in [-0.3, -0.25) is 0 Å². The first-order chi connectivity index (χ1) is 8.24. The van der Waals surface area contributed by atoms with Crippen LogP contribution in [0, 0.1) is 11.6 Å². The van der Waals surface area contributed by atoms with Gasteiger partial charge in [-0.15, -0.1) is 0 Å². The van der Waals surface area contributed by atoms with Crippen molar-refractivity contribution in [3.8, 4) is 11.1 Å². The van der Waals surface area contributed by atoms with Gasteiger partial charge in [-0.2, -0.15) is 0 Å². The predicted molar refractivity (Wildman–Crippen MR) is 61.4 cm³/mol. The first-order valence-electron chi connectivity index (χ1n) is 5.21. The van der Waals surface area contributed by atoms with Gasteiger partial charge in [0, 0.05) is 30.5 Å². The number of benzene rings is 1. The summed E-state index contributed by atoms with van der Waals surface area (Å²) in [5.74, 6) is -0.527. The molecule has 17 heavy (non-hydrogen) atoms. The molecule has 1 aliphatic rings. The molecule has 0 bridgehead atoms. The van der Waals surface area contributed by atoms with E-state index >= 15 is 0 Å². The van der Waals surface area contributed by atoms with E-state index in [1.165, 1.54) is 12.1 Å². The zero-order valence-corrected chi connectivity index (χ0v) is 8.82. The van der Waals surface area contributed by atoms with Crippen molar-refractivity contribution in [2.24, 2.45) is 4.99 Å². The van der Waals surface area contributed by atoms with Crippen LogP contribution in [-0.2, 0) is 6.42 Å². The summed E-state index contributed by atoms with van der Waals surface area (Å²) in [4.78, 5) is 8.21. The number of hydrogen-bond acceptors (Lipinski definition) is 2. The fourth-order valence-electron chi connectivity index (χ4n) is 2.00. The third-order valence-electron chi connectivity index (χ3n) is 2.72. The van der Waals surface area contributed by atoms with Crippen molar-refractivity contribution in [1.82, 2.24) is 4.98 Å². The average Bonchev–Trinajstić information content (AvgIpc) is 2.75. The highest BCUT2D eigenvalue weighted by molar-refractivity contribution is 5.82. The van der Waals surface area contributed by atoms with Crippen LogP contribution in [0.1, 0.15) is 5.56 Å². The molecule has 0 amide bonds. The van der Waals surface area contributed by atoms with Gasteiger partial charge in [-0.25, -0.2) is 18.8 Å². The number of nitrogens with zero attached hydrogens (tertiary/aromatic N) is 2. The molecule has 2 nitrogen and oxygen atoms in total. The number of pyridine rings is 1. The molecule has 0 spiro atoms. The van der Waals surface area contributed by atoms with Crippen molar-refractivity contribution in [2.45, 2.75) is 6.42 Å². The van der Waals surface area contributed by atoms with Gasteiger partial charge in [0.2, 0.25) is 0 Å². The van der Waals surface area contributed by atoms with Gasteiger partial charge >= 0.3 is 0 Å². The molecule has 1 aromatic heterocycles. The average molecular weight is 230 g/mol. The second kappa shape index (κ2) is 3.73. The van der Waals surface area contributed by atoms with Crippen LogP contribution in [0.4, 0.5) is 14.6 Å². The van der Waals surface area contributed by atoms with Gasteiger partial charge in [0.25, 0.3) is 0 Å². The standard InChI is InChI=1S/C13H8F2N2/c14-9-5-8(6-10(15)7-9)11-1-3-16-13-12(11)2-4-17-13/h1,3-7H,2H2. The van der Waals surface area contributed by atoms with E-state index in [0.29, 0.717) is 17.8 Å². The Morgan fingerprint density at radius 2 is 1.82 bits per heavy atom. The Bertz CT molecular complexity index is 601. The Labute approximate surface area is 96.7 Å². The highest BCUT2D eigenvalue weighted by Gasteiger charge is 2.14. The Hall–Kier alpha value is -2.10. The highest BCUT2D eigenvalue weighted by atomic mass is 19.1. The number of halogens is 2. The van der Waals surface area contributed by atoms with Crippen molar-refractivity contribution in [1.29, 1.82) is 0 Å². The van der Waals surface area contributed by atoms with Crippen LogP contribution in [0.2, 0.25) is 0 Å². The minimum atomic E-state index is -0.579. The molecule has 0 aliphatic carbocycles. The first-order valence-corrected chi connectivity index (χ1v) is 5.21. The molecular formula is C13H8F2N2. The summed E-state index contributed by atoms with van der Waals surface area (Å²) in [6.07, 6.45) is 3.99. The van der Waals surface area contributed by atoms with Crippen LogP contribution in [-0.4, -0.2) is 11.2 Å². The van der Waals surface area contributed by atoms with E-state index in [9.17, 15) is 8.78 Å². The molecule has 2 aromatic rings. The zero-order chi connectivity index (χ0) is 11.8. The Morgan fingerprint density at radius 1 is 1.06 bits per heavy atom. The van der Waals surface area contributed by atoms with E-state index in [1.807, 2.05) is 0 Å². The van der Waals surface area contributed by atoms with Crippen molar-refractivity contribution < 1.29 is 8.78 Å². The predicted octanol–water partition coefficient (Wildman–Crippen LogP) is 3.29. The largest absolute Gasteiger partial charge is 0.241 e. The first kappa shape index (κ1) is 10.1. The van der Waals surface area contributed by atoms with Gasteiger partial charge < -0.3 is 0 Å². The summed E-state index contributed by atoms with van der Waals surface area (Å²) < 4.78 is 26.4. The molecule has 0 atom stereocenters. The van der Waals surface area contributed by atoms with Crippen molar-refractivity contribution in [3.63, 3.8) is 0 Å². The maximum absolute atomic E-state index is 13.2. The van der Waals surface area contributed by atoms with E-state index in [2.05, 4.69) is 9.98 Å². The minimum Gasteiger partial charge on any atom is -0.241 e. The Balaban J connectivity index is 2.20. The van der Waals surface area contributed by atoms with Crippen LogP contribution in [0.25, 0.3) is 11.1 Å². The molecule has 0 saturated carbocycles. The summed E-state index contributed by atoms with van der Waals surface area (Å²) in [7, 11) is 0. The number of fused-ring (bicyclic) bond motifs is 1. The van der Waals surface area contributed by atoms with Crippen LogP contribution < -0.4 is 0 Å². The molecule has 0 N–H and O–H groups in total. The molecule has 0 unspecified atom stereocenters. The lowest BCUT2D eigenvalue weighted by Crippen LogP contribution is -1.91. The maximum atomic E-state index is 13.2. The molecule has 84 valence electrons. The van der Waals surface area contributed by atoms with E-state index in [-0.39, 0.29) is 0 Å². The lowest BCUT2D eigenvalue weighted by molar-refractivity contribution is 0.584. The molecule has 0 radical (unpaired) electrons. The van der Waals surface area contributed by atoms with Gasteiger partial charge in [0.15, 0.2) is 5.82 Å². The second-order valence-electron chi connectivity index (χ2n) is 3.83. The summed E-state index contributed by atoms with van der Waals surface area (Å²) in [6.45, 7) is 0. The quantitative estimate of drug-likeness (QED) is 0.738. The zero-order valence-electron chi connectivity index (χ0n) is 8.82. The van der Waals surface area contributed by atoms with E-state index in [1.54, 1.807) is 18.5 Å². The monoisotopic (exact) mass is 230 g/mol. The number of rotatable bonds is 1. The van der Waals surface area contributed by atoms with Gasteiger partial charge in [0.1, 0.15) is 11.6 Å². The lowest BCUT2D eigenvalue weighted by atomic mass is 10.00. The highest BCUT2D eigenvalue weighted by Crippen LogP contribution is 2.32. The maximum Gasteiger partial charge on any atom is 0.155 e.